The molecule has 0 amide bonds. The predicted octanol–water partition coefficient (Wildman–Crippen LogP) is 11.7. The number of benzene rings is 6. The van der Waals surface area contributed by atoms with E-state index in [4.69, 9.17) is 9.97 Å². The van der Waals surface area contributed by atoms with Crippen LogP contribution < -0.4 is 0 Å². The highest BCUT2D eigenvalue weighted by atomic mass is 15.1. The predicted molar refractivity (Wildman–Crippen MR) is 207 cm³/mol. The molecule has 0 bridgehead atoms. The average Bonchev–Trinajstić information content (AvgIpc) is 3.71. The first-order valence-corrected chi connectivity index (χ1v) is 16.9. The van der Waals surface area contributed by atoms with Crippen molar-refractivity contribution in [2.75, 3.05) is 0 Å². The summed E-state index contributed by atoms with van der Waals surface area (Å²) in [5.74, 6) is 0.840. The van der Waals surface area contributed by atoms with E-state index >= 15 is 0 Å². The van der Waals surface area contributed by atoms with Crippen molar-refractivity contribution in [1.29, 1.82) is 0 Å². The number of aromatic nitrogens is 4. The molecule has 0 atom stereocenters. The highest BCUT2D eigenvalue weighted by molar-refractivity contribution is 6.12. The Morgan fingerprint density at radius 1 is 0.360 bits per heavy atom. The van der Waals surface area contributed by atoms with Crippen molar-refractivity contribution in [1.82, 2.24) is 19.1 Å². The average molecular weight is 639 g/mol. The van der Waals surface area contributed by atoms with Gasteiger partial charge < -0.3 is 4.57 Å². The van der Waals surface area contributed by atoms with Crippen molar-refractivity contribution in [2.24, 2.45) is 0 Å². The number of pyridine rings is 2. The summed E-state index contributed by atoms with van der Waals surface area (Å²) in [6, 6.07) is 62.1. The zero-order chi connectivity index (χ0) is 33.0. The van der Waals surface area contributed by atoms with E-state index in [1.165, 1.54) is 21.8 Å². The summed E-state index contributed by atoms with van der Waals surface area (Å²) in [4.78, 5) is 10.5. The topological polar surface area (TPSA) is 35.6 Å². The van der Waals surface area contributed by atoms with Crippen LogP contribution in [-0.2, 0) is 0 Å². The molecule has 0 saturated carbocycles. The Balaban J connectivity index is 1.17. The van der Waals surface area contributed by atoms with Gasteiger partial charge in [-0.15, -0.1) is 0 Å². The molecule has 10 rings (SSSR count). The van der Waals surface area contributed by atoms with Gasteiger partial charge in [-0.2, -0.15) is 0 Å². The van der Waals surface area contributed by atoms with Crippen molar-refractivity contribution < 1.29 is 0 Å². The second kappa shape index (κ2) is 11.4. The van der Waals surface area contributed by atoms with E-state index in [1.807, 2.05) is 12.3 Å². The molecule has 6 aromatic carbocycles. The Hall–Kier alpha value is -6.78. The number of hydrogen-bond acceptors (Lipinski definition) is 2. The molecule has 50 heavy (non-hydrogen) atoms. The highest BCUT2D eigenvalue weighted by Gasteiger charge is 2.18. The van der Waals surface area contributed by atoms with Gasteiger partial charge in [-0.1, -0.05) is 121 Å². The maximum Gasteiger partial charge on any atom is 0.146 e. The van der Waals surface area contributed by atoms with Crippen LogP contribution in [0.2, 0.25) is 0 Å². The number of rotatable bonds is 5. The van der Waals surface area contributed by atoms with Crippen molar-refractivity contribution in [3.05, 3.63) is 182 Å². The zero-order valence-corrected chi connectivity index (χ0v) is 27.1. The van der Waals surface area contributed by atoms with Crippen LogP contribution in [-0.4, -0.2) is 19.1 Å². The maximum atomic E-state index is 5.26. The van der Waals surface area contributed by atoms with Crippen molar-refractivity contribution in [2.45, 2.75) is 0 Å². The Morgan fingerprint density at radius 2 is 0.940 bits per heavy atom. The molecule has 4 aromatic heterocycles. The summed E-state index contributed by atoms with van der Waals surface area (Å²) >= 11 is 0. The summed E-state index contributed by atoms with van der Waals surface area (Å²) in [6.45, 7) is 0. The lowest BCUT2D eigenvalue weighted by Gasteiger charge is -2.12. The lowest BCUT2D eigenvalue weighted by molar-refractivity contribution is 1.06. The van der Waals surface area contributed by atoms with E-state index < -0.39 is 0 Å². The van der Waals surface area contributed by atoms with Crippen molar-refractivity contribution in [3.8, 4) is 45.0 Å². The van der Waals surface area contributed by atoms with Crippen LogP contribution in [0, 0.1) is 0 Å². The number of hydrogen-bond donors (Lipinski definition) is 0. The first kappa shape index (κ1) is 28.3. The summed E-state index contributed by atoms with van der Waals surface area (Å²) in [5, 5.41) is 4.70. The quantitative estimate of drug-likeness (QED) is 0.188. The Labute approximate surface area is 289 Å². The van der Waals surface area contributed by atoms with E-state index in [1.54, 1.807) is 0 Å². The largest absolute Gasteiger partial charge is 0.309 e. The minimum Gasteiger partial charge on any atom is -0.309 e. The molecular formula is C46H30N4. The van der Waals surface area contributed by atoms with E-state index in [9.17, 15) is 0 Å². The molecule has 0 spiro atoms. The molecule has 0 aliphatic heterocycles. The molecule has 0 saturated heterocycles. The van der Waals surface area contributed by atoms with E-state index in [0.717, 1.165) is 67.0 Å². The third kappa shape index (κ3) is 4.54. The standard InChI is InChI=1S/C46H30N4/c1-4-14-31(15-5-1)34-28-41(32-16-6-2-7-17-32)48-45(29-34)50-43-23-13-11-21-38(43)40-27-35(30-47-46(40)50)33-24-25-44-39(26-33)37-20-10-12-22-42(37)49(44)36-18-8-3-9-19-36/h1-30H. The maximum absolute atomic E-state index is 5.26. The fraction of sp³-hybridized carbons (Fsp3) is 0. The van der Waals surface area contributed by atoms with Crippen LogP contribution >= 0.6 is 0 Å². The number of fused-ring (bicyclic) bond motifs is 6. The van der Waals surface area contributed by atoms with Crippen LogP contribution in [0.15, 0.2) is 182 Å². The van der Waals surface area contributed by atoms with Gasteiger partial charge in [0.2, 0.25) is 0 Å². The van der Waals surface area contributed by atoms with E-state index in [-0.39, 0.29) is 0 Å². The SMILES string of the molecule is c1ccc(-c2cc(-c3ccccc3)nc(-n3c4ccccc4c4cc(-c5ccc6c(c5)c5ccccc5n6-c5ccccc5)cnc43)c2)cc1. The van der Waals surface area contributed by atoms with Gasteiger partial charge in [-0.05, 0) is 71.3 Å². The molecular weight excluding hydrogens is 609 g/mol. The number of nitrogens with zero attached hydrogens (tertiary/aromatic N) is 4. The fourth-order valence-electron chi connectivity index (χ4n) is 7.43. The molecule has 234 valence electrons. The molecule has 0 N–H and O–H groups in total. The van der Waals surface area contributed by atoms with Crippen LogP contribution in [0.25, 0.3) is 88.8 Å². The molecule has 10 aromatic rings. The van der Waals surface area contributed by atoms with Gasteiger partial charge in [0.05, 0.1) is 22.2 Å². The van der Waals surface area contributed by atoms with E-state index in [0.29, 0.717) is 0 Å². The van der Waals surface area contributed by atoms with Crippen LogP contribution in [0.4, 0.5) is 0 Å². The van der Waals surface area contributed by atoms with E-state index in [2.05, 4.69) is 179 Å². The number of para-hydroxylation sites is 3. The lowest BCUT2D eigenvalue weighted by Crippen LogP contribution is -2.01. The molecule has 4 heterocycles. The van der Waals surface area contributed by atoms with Crippen LogP contribution in [0.1, 0.15) is 0 Å². The minimum atomic E-state index is 0.840. The molecule has 4 nitrogen and oxygen atoms in total. The zero-order valence-electron chi connectivity index (χ0n) is 27.1. The van der Waals surface area contributed by atoms with Crippen molar-refractivity contribution in [3.63, 3.8) is 0 Å². The van der Waals surface area contributed by atoms with Gasteiger partial charge >= 0.3 is 0 Å². The Morgan fingerprint density at radius 3 is 1.68 bits per heavy atom. The second-order valence-electron chi connectivity index (χ2n) is 12.7. The molecule has 0 aliphatic carbocycles. The first-order chi connectivity index (χ1) is 24.8. The van der Waals surface area contributed by atoms with Gasteiger partial charge in [0, 0.05) is 44.6 Å². The summed E-state index contributed by atoms with van der Waals surface area (Å²) < 4.78 is 4.56. The molecule has 4 heteroatoms. The minimum absolute atomic E-state index is 0.840. The fourth-order valence-corrected chi connectivity index (χ4v) is 7.43. The first-order valence-electron chi connectivity index (χ1n) is 16.9. The third-order valence-corrected chi connectivity index (χ3v) is 9.75. The van der Waals surface area contributed by atoms with Crippen molar-refractivity contribution >= 4 is 43.7 Å². The monoisotopic (exact) mass is 638 g/mol. The van der Waals surface area contributed by atoms with Gasteiger partial charge in [0.1, 0.15) is 11.5 Å². The Bertz CT molecular complexity index is 2790. The molecule has 0 fully saturated rings. The van der Waals surface area contributed by atoms with Gasteiger partial charge in [0.15, 0.2) is 0 Å². The summed E-state index contributed by atoms with van der Waals surface area (Å²) in [6.07, 6.45) is 2.01. The third-order valence-electron chi connectivity index (χ3n) is 9.75. The summed E-state index contributed by atoms with van der Waals surface area (Å²) in [7, 11) is 0. The Kier molecular flexibility index (Phi) is 6.46. The molecule has 0 radical (unpaired) electrons. The van der Waals surface area contributed by atoms with Gasteiger partial charge in [0.25, 0.3) is 0 Å². The van der Waals surface area contributed by atoms with Crippen LogP contribution in [0.3, 0.4) is 0 Å². The molecule has 0 aliphatic rings. The van der Waals surface area contributed by atoms with Gasteiger partial charge in [-0.25, -0.2) is 9.97 Å². The van der Waals surface area contributed by atoms with Crippen LogP contribution in [0.5, 0.6) is 0 Å². The normalized spacial score (nSPS) is 11.6. The summed E-state index contributed by atoms with van der Waals surface area (Å²) in [5.41, 5.74) is 12.0. The lowest BCUT2D eigenvalue weighted by atomic mass is 10.0. The smallest absolute Gasteiger partial charge is 0.146 e. The molecule has 0 unspecified atom stereocenters. The van der Waals surface area contributed by atoms with Gasteiger partial charge in [-0.3, -0.25) is 4.57 Å². The second-order valence-corrected chi connectivity index (χ2v) is 12.7. The highest BCUT2D eigenvalue weighted by Crippen LogP contribution is 2.38.